The van der Waals surface area contributed by atoms with E-state index < -0.39 is 11.6 Å². The van der Waals surface area contributed by atoms with Crippen LogP contribution in [0.3, 0.4) is 0 Å². The van der Waals surface area contributed by atoms with Crippen LogP contribution in [-0.2, 0) is 7.05 Å². The Morgan fingerprint density at radius 2 is 2.03 bits per heavy atom. The Hall–Kier alpha value is -3.81. The van der Waals surface area contributed by atoms with E-state index in [1.165, 1.54) is 33.5 Å². The van der Waals surface area contributed by atoms with E-state index in [0.29, 0.717) is 40.4 Å². The zero-order valence-corrected chi connectivity index (χ0v) is 20.6. The first-order chi connectivity index (χ1) is 17.2. The van der Waals surface area contributed by atoms with Gasteiger partial charge in [0.15, 0.2) is 0 Å². The number of aromatic nitrogens is 4. The van der Waals surface area contributed by atoms with Crippen molar-refractivity contribution in [1.29, 1.82) is 0 Å². The van der Waals surface area contributed by atoms with E-state index in [9.17, 15) is 9.18 Å². The van der Waals surface area contributed by atoms with Crippen molar-refractivity contribution < 1.29 is 13.6 Å². The maximum absolute atomic E-state index is 15.5. The van der Waals surface area contributed by atoms with E-state index in [-0.39, 0.29) is 34.8 Å². The van der Waals surface area contributed by atoms with Crippen LogP contribution in [0, 0.1) is 25.1 Å². The number of nitrogens with one attached hydrogen (secondary N) is 1. The number of amides is 1. The quantitative estimate of drug-likeness (QED) is 0.406. The van der Waals surface area contributed by atoms with Gasteiger partial charge in [0.25, 0.3) is 5.91 Å². The molecule has 1 amide bonds. The standard InChI is InChI=1S/C25H22ClF2N7O/c1-13-22(25(36)34-8-7-15(12-34)29-2)31-24(14-5-6-19(30-3)17(27)9-14)35(13)21-10-16-20(11-18(21)28)32-33(4)23(16)26/h5-6,9-11,15,29H,7-8,12H2,1-2,4H3/t15-/m0/s1. The van der Waals surface area contributed by atoms with Gasteiger partial charge in [0, 0.05) is 43.2 Å². The number of aryl methyl sites for hydroxylation is 1. The fourth-order valence-electron chi connectivity index (χ4n) is 4.61. The molecular weight excluding hydrogens is 488 g/mol. The summed E-state index contributed by atoms with van der Waals surface area (Å²) >= 11 is 6.38. The van der Waals surface area contributed by atoms with Crippen molar-refractivity contribution in [2.75, 3.05) is 20.1 Å². The number of carbonyl (C=O) groups excluding carboxylic acids is 1. The second-order valence-corrected chi connectivity index (χ2v) is 9.10. The third-order valence-corrected chi connectivity index (χ3v) is 7.04. The third-order valence-electron chi connectivity index (χ3n) is 6.59. The minimum Gasteiger partial charge on any atom is -0.336 e. The summed E-state index contributed by atoms with van der Waals surface area (Å²) in [6.07, 6.45) is 0.808. The summed E-state index contributed by atoms with van der Waals surface area (Å²) in [5, 5.41) is 8.24. The Balaban J connectivity index is 1.73. The van der Waals surface area contributed by atoms with E-state index in [2.05, 4.69) is 20.2 Å². The predicted molar refractivity (Wildman–Crippen MR) is 133 cm³/mol. The summed E-state index contributed by atoms with van der Waals surface area (Å²) in [5.74, 6) is -1.45. The lowest BCUT2D eigenvalue weighted by Crippen LogP contribution is -2.34. The van der Waals surface area contributed by atoms with Gasteiger partial charge in [0.2, 0.25) is 5.69 Å². The van der Waals surface area contributed by atoms with Crippen LogP contribution in [-0.4, -0.2) is 56.3 Å². The summed E-state index contributed by atoms with van der Waals surface area (Å²) in [5.41, 5.74) is 1.18. The van der Waals surface area contributed by atoms with E-state index >= 15 is 4.39 Å². The topological polar surface area (TPSA) is 72.3 Å². The maximum atomic E-state index is 15.5. The molecule has 184 valence electrons. The van der Waals surface area contributed by atoms with E-state index in [4.69, 9.17) is 18.2 Å². The molecule has 3 heterocycles. The first kappa shape index (κ1) is 23.9. The SMILES string of the molecule is [C-]#[N+]c1ccc(-c2nc(C(=O)N3CC[C@H](NC)C3)c(C)n2-c2cc3c(Cl)n(C)nc3cc2F)cc1F. The summed E-state index contributed by atoms with van der Waals surface area (Å²) < 4.78 is 33.0. The van der Waals surface area contributed by atoms with Gasteiger partial charge < -0.3 is 10.2 Å². The van der Waals surface area contributed by atoms with Gasteiger partial charge in [-0.1, -0.05) is 23.7 Å². The number of carbonyl (C=O) groups is 1. The van der Waals surface area contributed by atoms with Crippen LogP contribution >= 0.6 is 11.6 Å². The van der Waals surface area contributed by atoms with Gasteiger partial charge in [-0.05, 0) is 32.5 Å². The summed E-state index contributed by atoms with van der Waals surface area (Å²) in [4.78, 5) is 22.9. The fraction of sp³-hybridized carbons (Fsp3) is 0.280. The van der Waals surface area contributed by atoms with Crippen LogP contribution in [0.1, 0.15) is 22.6 Å². The molecule has 0 aliphatic carbocycles. The van der Waals surface area contributed by atoms with Gasteiger partial charge in [0.05, 0.1) is 23.5 Å². The van der Waals surface area contributed by atoms with Crippen molar-refractivity contribution in [3.05, 3.63) is 69.9 Å². The highest BCUT2D eigenvalue weighted by Gasteiger charge is 2.31. The van der Waals surface area contributed by atoms with Crippen LogP contribution in [0.25, 0.3) is 32.8 Å². The molecule has 36 heavy (non-hydrogen) atoms. The normalized spacial score (nSPS) is 15.6. The van der Waals surface area contributed by atoms with Crippen molar-refractivity contribution in [3.63, 3.8) is 0 Å². The Labute approximate surface area is 210 Å². The number of benzene rings is 2. The number of hydrogen-bond acceptors (Lipinski definition) is 4. The van der Waals surface area contributed by atoms with Gasteiger partial charge in [-0.3, -0.25) is 14.0 Å². The molecule has 1 N–H and O–H groups in total. The van der Waals surface area contributed by atoms with E-state index in [1.54, 1.807) is 24.9 Å². The smallest absolute Gasteiger partial charge is 0.274 e. The fourth-order valence-corrected chi connectivity index (χ4v) is 4.80. The molecular formula is C25H22ClF2N7O. The molecule has 1 fully saturated rings. The van der Waals surface area contributed by atoms with Crippen molar-refractivity contribution >= 4 is 34.1 Å². The summed E-state index contributed by atoms with van der Waals surface area (Å²) in [6.45, 7) is 9.88. The maximum Gasteiger partial charge on any atom is 0.274 e. The molecule has 1 saturated heterocycles. The number of fused-ring (bicyclic) bond motifs is 1. The van der Waals surface area contributed by atoms with Crippen molar-refractivity contribution in [3.8, 4) is 17.1 Å². The molecule has 1 aliphatic rings. The molecule has 11 heteroatoms. The molecule has 4 aromatic rings. The molecule has 1 aliphatic heterocycles. The van der Waals surface area contributed by atoms with Gasteiger partial charge in [0.1, 0.15) is 28.3 Å². The van der Waals surface area contributed by atoms with Crippen molar-refractivity contribution in [2.24, 2.45) is 7.05 Å². The van der Waals surface area contributed by atoms with Crippen LogP contribution in [0.15, 0.2) is 30.3 Å². The molecule has 0 spiro atoms. The Morgan fingerprint density at radius 1 is 1.25 bits per heavy atom. The monoisotopic (exact) mass is 509 g/mol. The number of imidazole rings is 1. The van der Waals surface area contributed by atoms with Crippen LogP contribution in [0.5, 0.6) is 0 Å². The minimum atomic E-state index is -0.731. The zero-order valence-electron chi connectivity index (χ0n) is 19.8. The number of nitrogens with zero attached hydrogens (tertiary/aromatic N) is 6. The average Bonchev–Trinajstić information content (AvgIpc) is 3.55. The largest absolute Gasteiger partial charge is 0.336 e. The van der Waals surface area contributed by atoms with Crippen molar-refractivity contribution in [1.82, 2.24) is 29.5 Å². The third kappa shape index (κ3) is 3.81. The average molecular weight is 510 g/mol. The summed E-state index contributed by atoms with van der Waals surface area (Å²) in [7, 11) is 3.50. The highest BCUT2D eigenvalue weighted by molar-refractivity contribution is 6.34. The molecule has 8 nitrogen and oxygen atoms in total. The lowest BCUT2D eigenvalue weighted by Gasteiger charge is -2.16. The minimum absolute atomic E-state index is 0.0978. The van der Waals surface area contributed by atoms with E-state index in [1.807, 2.05) is 7.05 Å². The molecule has 0 saturated carbocycles. The van der Waals surface area contributed by atoms with E-state index in [0.717, 1.165) is 6.42 Å². The highest BCUT2D eigenvalue weighted by atomic mass is 35.5. The Bertz CT molecular complexity index is 1570. The number of likely N-dealkylation sites (tertiary alicyclic amines) is 1. The van der Waals surface area contributed by atoms with Crippen molar-refractivity contribution in [2.45, 2.75) is 19.4 Å². The molecule has 2 aromatic heterocycles. The zero-order chi connectivity index (χ0) is 25.7. The van der Waals surface area contributed by atoms with Gasteiger partial charge >= 0.3 is 0 Å². The molecule has 1 atom stereocenters. The molecule has 5 rings (SSSR count). The van der Waals surface area contributed by atoms with Gasteiger partial charge in [-0.2, -0.15) is 5.10 Å². The van der Waals surface area contributed by atoms with Crippen LogP contribution < -0.4 is 5.32 Å². The Morgan fingerprint density at radius 3 is 2.69 bits per heavy atom. The molecule has 0 radical (unpaired) electrons. The lowest BCUT2D eigenvalue weighted by molar-refractivity contribution is 0.0783. The molecule has 0 unspecified atom stereocenters. The van der Waals surface area contributed by atoms with Crippen LogP contribution in [0.4, 0.5) is 14.5 Å². The first-order valence-corrected chi connectivity index (χ1v) is 11.7. The van der Waals surface area contributed by atoms with Gasteiger partial charge in [-0.15, -0.1) is 0 Å². The number of hydrogen-bond donors (Lipinski definition) is 1. The number of halogens is 3. The second kappa shape index (κ2) is 9.00. The number of rotatable bonds is 4. The van der Waals surface area contributed by atoms with Gasteiger partial charge in [-0.25, -0.2) is 18.6 Å². The lowest BCUT2D eigenvalue weighted by atomic mass is 10.1. The Kier molecular flexibility index (Phi) is 5.98. The molecule has 2 aromatic carbocycles. The number of likely N-dealkylation sites (N-methyl/N-ethyl adjacent to an activating group) is 1. The highest BCUT2D eigenvalue weighted by Crippen LogP contribution is 2.34. The molecule has 0 bridgehead atoms. The summed E-state index contributed by atoms with van der Waals surface area (Å²) in [6, 6.07) is 7.02. The first-order valence-electron chi connectivity index (χ1n) is 11.3. The van der Waals surface area contributed by atoms with Crippen LogP contribution in [0.2, 0.25) is 5.15 Å². The second-order valence-electron chi connectivity index (χ2n) is 8.74. The predicted octanol–water partition coefficient (Wildman–Crippen LogP) is 4.65.